The molecule has 0 spiro atoms. The summed E-state index contributed by atoms with van der Waals surface area (Å²) in [5, 5.41) is 9.48. The first-order valence-electron chi connectivity index (χ1n) is 14.2. The van der Waals surface area contributed by atoms with Gasteiger partial charge in [0.05, 0.1) is 16.9 Å². The van der Waals surface area contributed by atoms with Crippen molar-refractivity contribution in [2.24, 2.45) is 4.99 Å². The van der Waals surface area contributed by atoms with Crippen molar-refractivity contribution in [1.29, 1.82) is 0 Å². The SMILES string of the molecule is Cc1ccc(C(C)C)c(-n2c(C)cs/c2=N\C(=O)NC(C)(C)c2ccc(-c3ncn(-c4ccc(OC(F)(F)F)cc4)n3)cc2)c1. The highest BCUT2D eigenvalue weighted by Crippen LogP contribution is 2.27. The summed E-state index contributed by atoms with van der Waals surface area (Å²) in [5.41, 5.74) is 5.69. The number of carbonyl (C=O) groups excluding carboxylic acids is 1. The molecule has 8 nitrogen and oxygen atoms in total. The van der Waals surface area contributed by atoms with Crippen LogP contribution in [0, 0.1) is 13.8 Å². The second-order valence-corrected chi connectivity index (χ2v) is 12.3. The number of thiazole rings is 1. The van der Waals surface area contributed by atoms with E-state index in [2.05, 4.69) is 57.2 Å². The highest BCUT2D eigenvalue weighted by atomic mass is 32.1. The number of aromatic nitrogens is 4. The number of amides is 2. The summed E-state index contributed by atoms with van der Waals surface area (Å²) in [4.78, 5) is 22.6. The molecule has 2 heterocycles. The monoisotopic (exact) mass is 634 g/mol. The Morgan fingerprint density at radius 2 is 1.69 bits per heavy atom. The Bertz CT molecular complexity index is 1890. The zero-order valence-corrected chi connectivity index (χ0v) is 26.5. The third kappa shape index (κ3) is 7.34. The third-order valence-electron chi connectivity index (χ3n) is 7.24. The third-order valence-corrected chi connectivity index (χ3v) is 8.18. The van der Waals surface area contributed by atoms with Crippen molar-refractivity contribution in [3.05, 3.63) is 106 Å². The Morgan fingerprint density at radius 1 is 1.00 bits per heavy atom. The molecule has 0 atom stereocenters. The van der Waals surface area contributed by atoms with Crippen LogP contribution in [-0.4, -0.2) is 31.7 Å². The van der Waals surface area contributed by atoms with Crippen molar-refractivity contribution < 1.29 is 22.7 Å². The molecule has 0 saturated heterocycles. The van der Waals surface area contributed by atoms with Crippen LogP contribution in [0.1, 0.15) is 56.0 Å². The van der Waals surface area contributed by atoms with Gasteiger partial charge < -0.3 is 10.1 Å². The summed E-state index contributed by atoms with van der Waals surface area (Å²) < 4.78 is 44.8. The number of benzene rings is 3. The number of alkyl halides is 3. The standard InChI is InChI=1S/C33H33F3N6O2S/c1-20(2)27-16-7-21(3)17-28(27)42-22(4)18-45-31(42)38-30(43)39-32(5,6)24-10-8-23(9-11-24)29-37-19-41(40-29)25-12-14-26(15-13-25)44-33(34,35)36/h7-20H,1-6H3,(H,39,43)/b38-31-. The smallest absolute Gasteiger partial charge is 0.406 e. The van der Waals surface area contributed by atoms with E-state index in [1.54, 1.807) is 0 Å². The average Bonchev–Trinajstić information content (AvgIpc) is 3.59. The van der Waals surface area contributed by atoms with E-state index in [-0.39, 0.29) is 5.75 Å². The van der Waals surface area contributed by atoms with Gasteiger partial charge >= 0.3 is 12.4 Å². The van der Waals surface area contributed by atoms with Gasteiger partial charge in [0.2, 0.25) is 0 Å². The van der Waals surface area contributed by atoms with E-state index in [9.17, 15) is 18.0 Å². The molecule has 2 aromatic heterocycles. The topological polar surface area (TPSA) is 86.3 Å². The van der Waals surface area contributed by atoms with E-state index in [1.807, 2.05) is 61.9 Å². The highest BCUT2D eigenvalue weighted by molar-refractivity contribution is 7.07. The van der Waals surface area contributed by atoms with Crippen molar-refractivity contribution in [2.45, 2.75) is 59.4 Å². The second-order valence-electron chi connectivity index (χ2n) is 11.5. The molecule has 1 N–H and O–H groups in total. The minimum Gasteiger partial charge on any atom is -0.406 e. The predicted molar refractivity (Wildman–Crippen MR) is 168 cm³/mol. The highest BCUT2D eigenvalue weighted by Gasteiger charge is 2.31. The van der Waals surface area contributed by atoms with Crippen molar-refractivity contribution in [3.8, 4) is 28.5 Å². The van der Waals surface area contributed by atoms with Crippen LogP contribution < -0.4 is 14.9 Å². The zero-order chi connectivity index (χ0) is 32.5. The van der Waals surface area contributed by atoms with E-state index in [0.717, 1.165) is 28.1 Å². The molecule has 0 saturated carbocycles. The molecule has 0 fully saturated rings. The maximum absolute atomic E-state index is 13.2. The molecule has 5 aromatic rings. The number of rotatable bonds is 7. The van der Waals surface area contributed by atoms with Crippen LogP contribution in [0.5, 0.6) is 5.75 Å². The van der Waals surface area contributed by atoms with Gasteiger partial charge in [0.1, 0.15) is 12.1 Å². The number of halogens is 3. The molecule has 234 valence electrons. The molecule has 3 aromatic carbocycles. The Kier molecular flexibility index (Phi) is 8.70. The van der Waals surface area contributed by atoms with E-state index in [0.29, 0.717) is 22.2 Å². The number of ether oxygens (including phenoxy) is 1. The maximum Gasteiger partial charge on any atom is 0.573 e. The summed E-state index contributed by atoms with van der Waals surface area (Å²) in [7, 11) is 0. The maximum atomic E-state index is 13.2. The Hall–Kier alpha value is -4.71. The van der Waals surface area contributed by atoms with E-state index >= 15 is 0 Å². The molecular weight excluding hydrogens is 601 g/mol. The van der Waals surface area contributed by atoms with Crippen LogP contribution in [0.4, 0.5) is 18.0 Å². The number of carbonyl (C=O) groups is 1. The Balaban J connectivity index is 1.32. The molecule has 0 bridgehead atoms. The molecule has 2 amide bonds. The van der Waals surface area contributed by atoms with Crippen LogP contribution in [0.15, 0.2) is 83.4 Å². The van der Waals surface area contributed by atoms with Gasteiger partial charge in [-0.2, -0.15) is 4.99 Å². The van der Waals surface area contributed by atoms with Gasteiger partial charge in [0.25, 0.3) is 0 Å². The van der Waals surface area contributed by atoms with Crippen LogP contribution in [0.3, 0.4) is 0 Å². The molecule has 0 aliphatic rings. The molecule has 45 heavy (non-hydrogen) atoms. The number of aryl methyl sites for hydroxylation is 2. The quantitative estimate of drug-likeness (QED) is 0.197. The fourth-order valence-corrected chi connectivity index (χ4v) is 5.77. The summed E-state index contributed by atoms with van der Waals surface area (Å²) >= 11 is 1.42. The number of nitrogens with zero attached hydrogens (tertiary/aromatic N) is 5. The van der Waals surface area contributed by atoms with Gasteiger partial charge in [-0.3, -0.25) is 4.57 Å². The first-order chi connectivity index (χ1) is 21.2. The van der Waals surface area contributed by atoms with E-state index in [4.69, 9.17) is 0 Å². The zero-order valence-electron chi connectivity index (χ0n) is 25.7. The van der Waals surface area contributed by atoms with Gasteiger partial charge in [-0.15, -0.1) is 29.6 Å². The molecule has 12 heteroatoms. The lowest BCUT2D eigenvalue weighted by Gasteiger charge is -2.26. The number of hydrogen-bond acceptors (Lipinski definition) is 5. The van der Waals surface area contributed by atoms with Crippen molar-refractivity contribution in [2.75, 3.05) is 0 Å². The van der Waals surface area contributed by atoms with Gasteiger partial charge in [-0.1, -0.05) is 50.2 Å². The lowest BCUT2D eigenvalue weighted by atomic mass is 9.93. The number of nitrogens with one attached hydrogen (secondary N) is 1. The van der Waals surface area contributed by atoms with E-state index < -0.39 is 17.9 Å². The molecular formula is C33H33F3N6O2S. The van der Waals surface area contributed by atoms with Gasteiger partial charge in [-0.25, -0.2) is 14.5 Å². The summed E-state index contributed by atoms with van der Waals surface area (Å²) in [6.45, 7) is 12.2. The van der Waals surface area contributed by atoms with Crippen LogP contribution >= 0.6 is 11.3 Å². The number of urea groups is 1. The fourth-order valence-electron chi connectivity index (χ4n) is 4.91. The van der Waals surface area contributed by atoms with Crippen molar-refractivity contribution in [1.82, 2.24) is 24.6 Å². The molecule has 0 radical (unpaired) electrons. The Labute approximate surface area is 262 Å². The largest absolute Gasteiger partial charge is 0.573 e. The van der Waals surface area contributed by atoms with Crippen molar-refractivity contribution >= 4 is 17.4 Å². The normalized spacial score (nSPS) is 12.5. The molecule has 0 unspecified atom stereocenters. The van der Waals surface area contributed by atoms with Gasteiger partial charge in [0, 0.05) is 16.6 Å². The Morgan fingerprint density at radius 3 is 2.33 bits per heavy atom. The fraction of sp³-hybridized carbons (Fsp3) is 0.273. The van der Waals surface area contributed by atoms with Crippen LogP contribution in [0.2, 0.25) is 0 Å². The van der Waals surface area contributed by atoms with Crippen LogP contribution in [-0.2, 0) is 5.54 Å². The molecule has 0 aliphatic carbocycles. The predicted octanol–water partition coefficient (Wildman–Crippen LogP) is 7.97. The molecule has 0 aliphatic heterocycles. The second kappa shape index (κ2) is 12.4. The van der Waals surface area contributed by atoms with Gasteiger partial charge in [0.15, 0.2) is 10.6 Å². The first-order valence-corrected chi connectivity index (χ1v) is 15.1. The molecule has 5 rings (SSSR count). The summed E-state index contributed by atoms with van der Waals surface area (Å²) in [6, 6.07) is 18.7. The average molecular weight is 635 g/mol. The minimum absolute atomic E-state index is 0.299. The van der Waals surface area contributed by atoms with Crippen LogP contribution in [0.25, 0.3) is 22.8 Å². The lowest BCUT2D eigenvalue weighted by Crippen LogP contribution is -2.40. The first kappa shape index (κ1) is 31.7. The minimum atomic E-state index is -4.76. The summed E-state index contributed by atoms with van der Waals surface area (Å²) in [6.07, 6.45) is -3.28. The van der Waals surface area contributed by atoms with Crippen molar-refractivity contribution in [3.63, 3.8) is 0 Å². The number of hydrogen-bond donors (Lipinski definition) is 1. The van der Waals surface area contributed by atoms with Gasteiger partial charge in [-0.05, 0) is 80.6 Å². The van der Waals surface area contributed by atoms with E-state index in [1.165, 1.54) is 52.2 Å². The lowest BCUT2D eigenvalue weighted by molar-refractivity contribution is -0.274. The summed E-state index contributed by atoms with van der Waals surface area (Å²) in [5.74, 6) is 0.415.